The Hall–Kier alpha value is -1.85. The number of thiophene rings is 1. The summed E-state index contributed by atoms with van der Waals surface area (Å²) < 4.78 is 5.84. The first-order valence-corrected chi connectivity index (χ1v) is 8.12. The van der Waals surface area contributed by atoms with Crippen LogP contribution in [0.5, 0.6) is 0 Å². The van der Waals surface area contributed by atoms with E-state index < -0.39 is 0 Å². The second-order valence-electron chi connectivity index (χ2n) is 5.60. The maximum Gasteiger partial charge on any atom is 0.209 e. The summed E-state index contributed by atoms with van der Waals surface area (Å²) in [6.07, 6.45) is 2.55. The summed E-state index contributed by atoms with van der Waals surface area (Å²) in [5.41, 5.74) is 9.54. The molecule has 0 aliphatic heterocycles. The van der Waals surface area contributed by atoms with Gasteiger partial charge in [0.05, 0.1) is 6.54 Å². The lowest BCUT2D eigenvalue weighted by molar-refractivity contribution is 0.223. The Labute approximate surface area is 127 Å². The fraction of sp³-hybridized carbons (Fsp3) is 0.312. The van der Waals surface area contributed by atoms with Crippen molar-refractivity contribution >= 4 is 28.1 Å². The highest BCUT2D eigenvalue weighted by atomic mass is 32.1. The van der Waals surface area contributed by atoms with Crippen molar-refractivity contribution < 1.29 is 4.42 Å². The standard InChI is InChI=1S/C16H17N3OS/c17-12-1-4-15-14(7-12)18-16(20-15)9-19(13-2-3-13)8-11-5-6-21-10-11/h1,4-7,10,13H,2-3,8-9,17H2. The second-order valence-corrected chi connectivity index (χ2v) is 6.38. The molecule has 2 aromatic heterocycles. The van der Waals surface area contributed by atoms with Crippen LogP contribution in [0.4, 0.5) is 5.69 Å². The first kappa shape index (κ1) is 12.9. The van der Waals surface area contributed by atoms with Gasteiger partial charge in [0.2, 0.25) is 5.89 Å². The van der Waals surface area contributed by atoms with Crippen molar-refractivity contribution in [3.05, 3.63) is 46.5 Å². The molecule has 1 aliphatic carbocycles. The molecule has 4 nitrogen and oxygen atoms in total. The van der Waals surface area contributed by atoms with E-state index in [1.807, 2.05) is 18.2 Å². The molecule has 0 unspecified atom stereocenters. The zero-order valence-electron chi connectivity index (χ0n) is 11.7. The van der Waals surface area contributed by atoms with E-state index in [9.17, 15) is 0 Å². The first-order valence-electron chi connectivity index (χ1n) is 7.18. The number of nitrogen functional groups attached to an aromatic ring is 1. The largest absolute Gasteiger partial charge is 0.439 e. The number of nitrogens with zero attached hydrogens (tertiary/aromatic N) is 2. The molecule has 1 fully saturated rings. The summed E-state index contributed by atoms with van der Waals surface area (Å²) >= 11 is 1.75. The first-order chi connectivity index (χ1) is 10.3. The molecule has 1 aliphatic rings. The Morgan fingerprint density at radius 1 is 1.29 bits per heavy atom. The third kappa shape index (κ3) is 2.80. The molecular formula is C16H17N3OS. The SMILES string of the molecule is Nc1ccc2oc(CN(Cc3ccsc3)C3CC3)nc2c1. The maximum atomic E-state index is 5.84. The lowest BCUT2D eigenvalue weighted by Crippen LogP contribution is -2.24. The Morgan fingerprint density at radius 2 is 2.19 bits per heavy atom. The van der Waals surface area contributed by atoms with Gasteiger partial charge in [-0.1, -0.05) is 0 Å². The quantitative estimate of drug-likeness (QED) is 0.731. The Morgan fingerprint density at radius 3 is 2.95 bits per heavy atom. The molecule has 0 radical (unpaired) electrons. The highest BCUT2D eigenvalue weighted by molar-refractivity contribution is 7.07. The van der Waals surface area contributed by atoms with Crippen molar-refractivity contribution in [1.82, 2.24) is 9.88 Å². The van der Waals surface area contributed by atoms with Gasteiger partial charge < -0.3 is 10.2 Å². The van der Waals surface area contributed by atoms with Crippen LogP contribution in [-0.4, -0.2) is 15.9 Å². The van der Waals surface area contributed by atoms with Gasteiger partial charge in [0.1, 0.15) is 5.52 Å². The molecule has 0 amide bonds. The summed E-state index contributed by atoms with van der Waals surface area (Å²) in [7, 11) is 0. The minimum Gasteiger partial charge on any atom is -0.439 e. The van der Waals surface area contributed by atoms with Gasteiger partial charge in [0.15, 0.2) is 5.58 Å². The smallest absolute Gasteiger partial charge is 0.209 e. The number of benzene rings is 1. The number of anilines is 1. The highest BCUT2D eigenvalue weighted by Gasteiger charge is 2.30. The van der Waals surface area contributed by atoms with Crippen molar-refractivity contribution in [2.45, 2.75) is 32.0 Å². The molecule has 0 bridgehead atoms. The summed E-state index contributed by atoms with van der Waals surface area (Å²) in [4.78, 5) is 7.02. The summed E-state index contributed by atoms with van der Waals surface area (Å²) in [5, 5.41) is 4.34. The fourth-order valence-electron chi connectivity index (χ4n) is 2.60. The predicted molar refractivity (Wildman–Crippen MR) is 85.0 cm³/mol. The van der Waals surface area contributed by atoms with Gasteiger partial charge in [-0.25, -0.2) is 4.98 Å². The molecule has 0 saturated heterocycles. The van der Waals surface area contributed by atoms with Gasteiger partial charge in [-0.3, -0.25) is 4.90 Å². The second kappa shape index (κ2) is 5.16. The summed E-state index contributed by atoms with van der Waals surface area (Å²) in [6, 6.07) is 8.46. The molecule has 0 spiro atoms. The van der Waals surface area contributed by atoms with E-state index in [4.69, 9.17) is 10.2 Å². The zero-order valence-corrected chi connectivity index (χ0v) is 12.5. The van der Waals surface area contributed by atoms with E-state index >= 15 is 0 Å². The topological polar surface area (TPSA) is 55.3 Å². The van der Waals surface area contributed by atoms with Crippen LogP contribution in [0, 0.1) is 0 Å². The van der Waals surface area contributed by atoms with Crippen molar-refractivity contribution in [3.63, 3.8) is 0 Å². The van der Waals surface area contributed by atoms with E-state index in [0.717, 1.165) is 35.8 Å². The van der Waals surface area contributed by atoms with Gasteiger partial charge >= 0.3 is 0 Å². The van der Waals surface area contributed by atoms with E-state index in [0.29, 0.717) is 6.04 Å². The van der Waals surface area contributed by atoms with Gasteiger partial charge in [0, 0.05) is 18.3 Å². The van der Waals surface area contributed by atoms with Crippen LogP contribution >= 0.6 is 11.3 Å². The lowest BCUT2D eigenvalue weighted by Gasteiger charge is -2.19. The molecular weight excluding hydrogens is 282 g/mol. The lowest BCUT2D eigenvalue weighted by atomic mass is 10.3. The molecule has 1 saturated carbocycles. The number of nitrogens with two attached hydrogens (primary N) is 1. The van der Waals surface area contributed by atoms with Crippen molar-refractivity contribution in [2.75, 3.05) is 5.73 Å². The number of aromatic nitrogens is 1. The predicted octanol–water partition coefficient (Wildman–Crippen LogP) is 3.64. The van der Waals surface area contributed by atoms with E-state index in [1.54, 1.807) is 11.3 Å². The van der Waals surface area contributed by atoms with Crippen LogP contribution in [0.15, 0.2) is 39.4 Å². The van der Waals surface area contributed by atoms with Crippen molar-refractivity contribution in [3.8, 4) is 0 Å². The summed E-state index contributed by atoms with van der Waals surface area (Å²) in [6.45, 7) is 1.73. The molecule has 0 atom stereocenters. The Bertz CT molecular complexity index is 746. The molecule has 4 rings (SSSR count). The molecule has 2 heterocycles. The van der Waals surface area contributed by atoms with Crippen LogP contribution in [0.1, 0.15) is 24.3 Å². The van der Waals surface area contributed by atoms with Crippen molar-refractivity contribution in [1.29, 1.82) is 0 Å². The van der Waals surface area contributed by atoms with Crippen LogP contribution < -0.4 is 5.73 Å². The van der Waals surface area contributed by atoms with Crippen LogP contribution in [0.2, 0.25) is 0 Å². The average molecular weight is 299 g/mol. The molecule has 5 heteroatoms. The minimum atomic E-state index is 0.671. The number of hydrogen-bond donors (Lipinski definition) is 1. The van der Waals surface area contributed by atoms with Crippen LogP contribution in [0.25, 0.3) is 11.1 Å². The third-order valence-electron chi connectivity index (χ3n) is 3.82. The third-order valence-corrected chi connectivity index (χ3v) is 4.56. The number of hydrogen-bond acceptors (Lipinski definition) is 5. The molecule has 1 aromatic carbocycles. The Kier molecular flexibility index (Phi) is 3.16. The minimum absolute atomic E-state index is 0.671. The monoisotopic (exact) mass is 299 g/mol. The van der Waals surface area contributed by atoms with E-state index in [2.05, 4.69) is 26.7 Å². The average Bonchev–Trinajstić information content (AvgIpc) is 3.04. The number of rotatable bonds is 5. The highest BCUT2D eigenvalue weighted by Crippen LogP contribution is 2.30. The van der Waals surface area contributed by atoms with Gasteiger partial charge in [-0.2, -0.15) is 11.3 Å². The molecule has 108 valence electrons. The zero-order chi connectivity index (χ0) is 14.2. The normalized spacial score (nSPS) is 15.1. The number of oxazole rings is 1. The Balaban J connectivity index is 1.56. The fourth-order valence-corrected chi connectivity index (χ4v) is 3.26. The van der Waals surface area contributed by atoms with Crippen molar-refractivity contribution in [2.24, 2.45) is 0 Å². The van der Waals surface area contributed by atoms with Crippen LogP contribution in [-0.2, 0) is 13.1 Å². The molecule has 2 N–H and O–H groups in total. The maximum absolute atomic E-state index is 5.84. The molecule has 21 heavy (non-hydrogen) atoms. The number of fused-ring (bicyclic) bond motifs is 1. The van der Waals surface area contributed by atoms with Gasteiger partial charge in [0.25, 0.3) is 0 Å². The van der Waals surface area contributed by atoms with E-state index in [1.165, 1.54) is 18.4 Å². The van der Waals surface area contributed by atoms with Gasteiger partial charge in [-0.05, 0) is 53.4 Å². The van der Waals surface area contributed by atoms with Crippen LogP contribution in [0.3, 0.4) is 0 Å². The van der Waals surface area contributed by atoms with E-state index in [-0.39, 0.29) is 0 Å². The van der Waals surface area contributed by atoms with Gasteiger partial charge in [-0.15, -0.1) is 0 Å². The summed E-state index contributed by atoms with van der Waals surface area (Å²) in [5.74, 6) is 0.776. The molecule has 3 aromatic rings.